The number of ketones is 1. The lowest BCUT2D eigenvalue weighted by atomic mass is 9.91. The normalized spacial score (nSPS) is 14.0. The maximum Gasteiger partial charge on any atom is 0.175 e. The predicted molar refractivity (Wildman–Crippen MR) is 86.8 cm³/mol. The minimum atomic E-state index is -3.21. The Bertz CT molecular complexity index is 894. The van der Waals surface area contributed by atoms with Crippen LogP contribution in [-0.2, 0) is 9.84 Å². The first-order chi connectivity index (χ1) is 10.4. The van der Waals surface area contributed by atoms with Gasteiger partial charge in [-0.05, 0) is 41.8 Å². The SMILES string of the molecule is Cc1c(-c2ccc(S(C)(=O)=O)cc2)ccc2c1C(=O)CC=N2. The van der Waals surface area contributed by atoms with Crippen LogP contribution in [0.15, 0.2) is 46.3 Å². The van der Waals surface area contributed by atoms with Gasteiger partial charge in [0.1, 0.15) is 0 Å². The summed E-state index contributed by atoms with van der Waals surface area (Å²) in [5.74, 6) is 0.0668. The zero-order valence-corrected chi connectivity index (χ0v) is 13.1. The Morgan fingerprint density at radius 1 is 1.05 bits per heavy atom. The first kappa shape index (κ1) is 14.7. The van der Waals surface area contributed by atoms with E-state index in [1.165, 1.54) is 6.26 Å². The monoisotopic (exact) mass is 313 g/mol. The van der Waals surface area contributed by atoms with Crippen LogP contribution in [0.5, 0.6) is 0 Å². The highest BCUT2D eigenvalue weighted by atomic mass is 32.2. The van der Waals surface area contributed by atoms with Gasteiger partial charge in [0.25, 0.3) is 0 Å². The van der Waals surface area contributed by atoms with Crippen molar-refractivity contribution in [3.8, 4) is 11.1 Å². The molecule has 3 rings (SSSR count). The topological polar surface area (TPSA) is 63.6 Å². The van der Waals surface area contributed by atoms with Gasteiger partial charge in [-0.2, -0.15) is 0 Å². The molecule has 0 radical (unpaired) electrons. The van der Waals surface area contributed by atoms with Crippen LogP contribution in [0.4, 0.5) is 5.69 Å². The number of carbonyl (C=O) groups is 1. The number of nitrogens with zero attached hydrogens (tertiary/aromatic N) is 1. The summed E-state index contributed by atoms with van der Waals surface area (Å²) in [6.07, 6.45) is 3.14. The number of sulfone groups is 1. The van der Waals surface area contributed by atoms with Crippen molar-refractivity contribution in [2.45, 2.75) is 18.2 Å². The summed E-state index contributed by atoms with van der Waals surface area (Å²) < 4.78 is 23.0. The molecule has 5 heteroatoms. The molecule has 1 heterocycles. The van der Waals surface area contributed by atoms with Gasteiger partial charge in [-0.15, -0.1) is 0 Å². The fraction of sp³-hybridized carbons (Fsp3) is 0.176. The second-order valence-electron chi connectivity index (χ2n) is 5.37. The van der Waals surface area contributed by atoms with Crippen molar-refractivity contribution < 1.29 is 13.2 Å². The molecule has 1 aliphatic rings. The molecule has 2 aromatic carbocycles. The van der Waals surface area contributed by atoms with E-state index in [9.17, 15) is 13.2 Å². The number of Topliss-reactive ketones (excluding diaryl/α,β-unsaturated/α-hetero) is 1. The summed E-state index contributed by atoms with van der Waals surface area (Å²) in [5, 5.41) is 0. The van der Waals surface area contributed by atoms with Gasteiger partial charge in [0.2, 0.25) is 0 Å². The number of aliphatic imine (C=N–C) groups is 1. The summed E-state index contributed by atoms with van der Waals surface area (Å²) in [7, 11) is -3.21. The molecule has 0 spiro atoms. The number of rotatable bonds is 2. The van der Waals surface area contributed by atoms with E-state index in [0.29, 0.717) is 17.7 Å². The van der Waals surface area contributed by atoms with Gasteiger partial charge >= 0.3 is 0 Å². The smallest absolute Gasteiger partial charge is 0.175 e. The minimum absolute atomic E-state index is 0.0668. The van der Waals surface area contributed by atoms with Crippen LogP contribution < -0.4 is 0 Å². The molecule has 0 aliphatic carbocycles. The number of fused-ring (bicyclic) bond motifs is 1. The van der Waals surface area contributed by atoms with Crippen LogP contribution >= 0.6 is 0 Å². The second-order valence-corrected chi connectivity index (χ2v) is 7.38. The average Bonchev–Trinajstić information content (AvgIpc) is 2.47. The summed E-state index contributed by atoms with van der Waals surface area (Å²) in [4.78, 5) is 16.6. The molecule has 0 fully saturated rings. The molecule has 0 amide bonds. The van der Waals surface area contributed by atoms with E-state index in [-0.39, 0.29) is 10.7 Å². The van der Waals surface area contributed by atoms with Crippen molar-refractivity contribution in [3.63, 3.8) is 0 Å². The number of hydrogen-bond acceptors (Lipinski definition) is 4. The van der Waals surface area contributed by atoms with Gasteiger partial charge < -0.3 is 0 Å². The van der Waals surface area contributed by atoms with Crippen molar-refractivity contribution in [2.75, 3.05) is 6.26 Å². The standard InChI is InChI=1S/C17H15NO3S/c1-11-14(7-8-15-17(11)16(19)9-10-18-15)12-3-5-13(6-4-12)22(2,20)21/h3-8,10H,9H2,1-2H3. The van der Waals surface area contributed by atoms with Crippen LogP contribution in [0.25, 0.3) is 11.1 Å². The van der Waals surface area contributed by atoms with Gasteiger partial charge in [0.05, 0.1) is 10.6 Å². The molecule has 0 aromatic heterocycles. The van der Waals surface area contributed by atoms with E-state index < -0.39 is 9.84 Å². The minimum Gasteiger partial charge on any atom is -0.294 e. The highest BCUT2D eigenvalue weighted by Gasteiger charge is 2.19. The summed E-state index contributed by atoms with van der Waals surface area (Å²) in [5.41, 5.74) is 4.04. The highest BCUT2D eigenvalue weighted by molar-refractivity contribution is 7.90. The molecule has 2 aromatic rings. The summed E-state index contributed by atoms with van der Waals surface area (Å²) in [6, 6.07) is 10.5. The molecular weight excluding hydrogens is 298 g/mol. The molecule has 0 saturated carbocycles. The third kappa shape index (κ3) is 2.48. The molecule has 0 unspecified atom stereocenters. The van der Waals surface area contributed by atoms with Crippen molar-refractivity contribution in [1.82, 2.24) is 0 Å². The van der Waals surface area contributed by atoms with E-state index in [0.717, 1.165) is 16.7 Å². The van der Waals surface area contributed by atoms with Gasteiger partial charge in [0, 0.05) is 24.5 Å². The molecule has 0 saturated heterocycles. The van der Waals surface area contributed by atoms with E-state index in [4.69, 9.17) is 0 Å². The maximum absolute atomic E-state index is 12.1. The number of carbonyl (C=O) groups excluding carboxylic acids is 1. The van der Waals surface area contributed by atoms with Crippen molar-refractivity contribution in [3.05, 3.63) is 47.5 Å². The summed E-state index contributed by atoms with van der Waals surface area (Å²) >= 11 is 0. The molecule has 112 valence electrons. The van der Waals surface area contributed by atoms with Crippen LogP contribution in [-0.4, -0.2) is 26.7 Å². The van der Waals surface area contributed by atoms with Crippen LogP contribution in [0.1, 0.15) is 22.3 Å². The Labute approximate surface area is 129 Å². The third-order valence-electron chi connectivity index (χ3n) is 3.82. The molecule has 4 nitrogen and oxygen atoms in total. The lowest BCUT2D eigenvalue weighted by molar-refractivity contribution is 0.100. The second kappa shape index (κ2) is 5.18. The largest absolute Gasteiger partial charge is 0.294 e. The van der Waals surface area contributed by atoms with Gasteiger partial charge in [0.15, 0.2) is 15.6 Å². The third-order valence-corrected chi connectivity index (χ3v) is 4.95. The van der Waals surface area contributed by atoms with E-state index in [1.807, 2.05) is 19.1 Å². The van der Waals surface area contributed by atoms with E-state index in [2.05, 4.69) is 4.99 Å². The maximum atomic E-state index is 12.1. The highest BCUT2D eigenvalue weighted by Crippen LogP contribution is 2.34. The Hall–Kier alpha value is -2.27. The molecule has 0 N–H and O–H groups in total. The van der Waals surface area contributed by atoms with Crippen molar-refractivity contribution in [2.24, 2.45) is 4.99 Å². The van der Waals surface area contributed by atoms with Crippen LogP contribution in [0.3, 0.4) is 0 Å². The Morgan fingerprint density at radius 2 is 1.73 bits per heavy atom. The fourth-order valence-electron chi connectivity index (χ4n) is 2.68. The lowest BCUT2D eigenvalue weighted by Gasteiger charge is -2.15. The van der Waals surface area contributed by atoms with E-state index >= 15 is 0 Å². The van der Waals surface area contributed by atoms with Gasteiger partial charge in [-0.3, -0.25) is 9.79 Å². The van der Waals surface area contributed by atoms with Gasteiger partial charge in [-0.25, -0.2) is 8.42 Å². The van der Waals surface area contributed by atoms with E-state index in [1.54, 1.807) is 30.5 Å². The lowest BCUT2D eigenvalue weighted by Crippen LogP contribution is -2.07. The van der Waals surface area contributed by atoms with Crippen molar-refractivity contribution in [1.29, 1.82) is 0 Å². The Balaban J connectivity index is 2.12. The number of benzene rings is 2. The first-order valence-corrected chi connectivity index (χ1v) is 8.77. The molecule has 0 atom stereocenters. The Morgan fingerprint density at radius 3 is 2.36 bits per heavy atom. The van der Waals surface area contributed by atoms with Crippen LogP contribution in [0, 0.1) is 6.92 Å². The average molecular weight is 313 g/mol. The Kier molecular flexibility index (Phi) is 3.45. The molecular formula is C17H15NO3S. The summed E-state index contributed by atoms with van der Waals surface area (Å²) in [6.45, 7) is 1.90. The van der Waals surface area contributed by atoms with Gasteiger partial charge in [-0.1, -0.05) is 18.2 Å². The first-order valence-electron chi connectivity index (χ1n) is 6.88. The molecule has 22 heavy (non-hydrogen) atoms. The molecule has 1 aliphatic heterocycles. The zero-order chi connectivity index (χ0) is 15.9. The van der Waals surface area contributed by atoms with Crippen molar-refractivity contribution >= 4 is 27.5 Å². The fourth-order valence-corrected chi connectivity index (χ4v) is 3.31. The quantitative estimate of drug-likeness (QED) is 0.854. The molecule has 0 bridgehead atoms. The zero-order valence-electron chi connectivity index (χ0n) is 12.3. The number of hydrogen-bond donors (Lipinski definition) is 0. The van der Waals surface area contributed by atoms with Crippen LogP contribution in [0.2, 0.25) is 0 Å². The predicted octanol–water partition coefficient (Wildman–Crippen LogP) is 3.35.